The summed E-state index contributed by atoms with van der Waals surface area (Å²) in [4.78, 5) is 2.29. The fraction of sp³-hybridized carbons (Fsp3) is 0.750. The summed E-state index contributed by atoms with van der Waals surface area (Å²) in [5.41, 5.74) is 1.27. The van der Waals surface area contributed by atoms with Gasteiger partial charge in [0.05, 0.1) is 12.7 Å². The van der Waals surface area contributed by atoms with Gasteiger partial charge in [0.15, 0.2) is 0 Å². The molecule has 0 aromatic carbocycles. The molecule has 1 atom stereocenters. The van der Waals surface area contributed by atoms with Gasteiger partial charge in [-0.25, -0.2) is 0 Å². The van der Waals surface area contributed by atoms with Crippen molar-refractivity contribution >= 4 is 0 Å². The summed E-state index contributed by atoms with van der Waals surface area (Å²) in [6.45, 7) is 10.1. The molecule has 116 valence electrons. The van der Waals surface area contributed by atoms with Crippen LogP contribution in [-0.2, 0) is 18.3 Å². The van der Waals surface area contributed by atoms with Gasteiger partial charge in [0.2, 0.25) is 0 Å². The molecular weight excluding hydrogens is 252 g/mol. The minimum Gasteiger partial charge on any atom is -0.389 e. The smallest absolute Gasteiger partial charge is 0.0900 e. The van der Waals surface area contributed by atoms with Crippen LogP contribution in [0.3, 0.4) is 0 Å². The van der Waals surface area contributed by atoms with Crippen molar-refractivity contribution in [1.82, 2.24) is 9.47 Å². The van der Waals surface area contributed by atoms with E-state index in [4.69, 9.17) is 4.74 Å². The number of aliphatic hydroxyl groups excluding tert-OH is 1. The van der Waals surface area contributed by atoms with Crippen LogP contribution in [0.2, 0.25) is 0 Å². The summed E-state index contributed by atoms with van der Waals surface area (Å²) in [5.74, 6) is 0.511. The summed E-state index contributed by atoms with van der Waals surface area (Å²) in [6.07, 6.45) is 2.73. The Labute approximate surface area is 123 Å². The fourth-order valence-electron chi connectivity index (χ4n) is 2.23. The predicted octanol–water partition coefficient (Wildman–Crippen LogP) is 2.27. The number of hydrogen-bond acceptors (Lipinski definition) is 3. The number of rotatable bonds is 10. The van der Waals surface area contributed by atoms with Gasteiger partial charge in [-0.3, -0.25) is 4.90 Å². The third kappa shape index (κ3) is 6.55. The molecule has 0 aliphatic carbocycles. The Hall–Kier alpha value is -0.840. The molecule has 1 rings (SSSR count). The highest BCUT2D eigenvalue weighted by Crippen LogP contribution is 2.07. The second kappa shape index (κ2) is 9.16. The van der Waals surface area contributed by atoms with Crippen molar-refractivity contribution in [3.63, 3.8) is 0 Å². The van der Waals surface area contributed by atoms with E-state index in [2.05, 4.69) is 55.6 Å². The molecule has 0 aliphatic heterocycles. The highest BCUT2D eigenvalue weighted by Gasteiger charge is 2.13. The van der Waals surface area contributed by atoms with Crippen molar-refractivity contribution in [2.45, 2.75) is 39.8 Å². The van der Waals surface area contributed by atoms with Crippen molar-refractivity contribution < 1.29 is 9.84 Å². The molecule has 0 fully saturated rings. The number of hydrogen-bond donors (Lipinski definition) is 1. The molecule has 0 saturated carbocycles. The van der Waals surface area contributed by atoms with E-state index in [-0.39, 0.29) is 0 Å². The predicted molar refractivity (Wildman–Crippen MR) is 82.6 cm³/mol. The van der Waals surface area contributed by atoms with Gasteiger partial charge >= 0.3 is 0 Å². The van der Waals surface area contributed by atoms with Crippen LogP contribution < -0.4 is 0 Å². The molecule has 1 heterocycles. The van der Waals surface area contributed by atoms with Crippen LogP contribution in [0.1, 0.15) is 32.9 Å². The summed E-state index contributed by atoms with van der Waals surface area (Å²) in [7, 11) is 2.06. The van der Waals surface area contributed by atoms with Gasteiger partial charge in [-0.05, 0) is 31.0 Å². The Balaban J connectivity index is 2.39. The quantitative estimate of drug-likeness (QED) is 0.715. The molecule has 4 heteroatoms. The van der Waals surface area contributed by atoms with Crippen LogP contribution >= 0.6 is 0 Å². The largest absolute Gasteiger partial charge is 0.389 e. The number of aliphatic hydroxyl groups is 1. The topological polar surface area (TPSA) is 37.6 Å². The third-order valence-corrected chi connectivity index (χ3v) is 3.21. The van der Waals surface area contributed by atoms with Crippen LogP contribution in [0.15, 0.2) is 18.3 Å². The van der Waals surface area contributed by atoms with Crippen molar-refractivity contribution in [3.05, 3.63) is 24.0 Å². The maximum atomic E-state index is 10.1. The average molecular weight is 282 g/mol. The van der Waals surface area contributed by atoms with Gasteiger partial charge in [-0.15, -0.1) is 0 Å². The van der Waals surface area contributed by atoms with E-state index in [1.54, 1.807) is 0 Å². The molecule has 4 nitrogen and oxygen atoms in total. The first-order valence-corrected chi connectivity index (χ1v) is 7.61. The zero-order valence-corrected chi connectivity index (χ0v) is 13.4. The molecule has 0 radical (unpaired) electrons. The fourth-order valence-corrected chi connectivity index (χ4v) is 2.23. The molecule has 0 spiro atoms. The maximum Gasteiger partial charge on any atom is 0.0900 e. The Morgan fingerprint density at radius 1 is 1.35 bits per heavy atom. The van der Waals surface area contributed by atoms with Crippen LogP contribution in [0.4, 0.5) is 0 Å². The molecule has 0 bridgehead atoms. The first-order valence-electron chi connectivity index (χ1n) is 7.61. The Morgan fingerprint density at radius 2 is 2.10 bits per heavy atom. The van der Waals surface area contributed by atoms with E-state index in [0.717, 1.165) is 19.5 Å². The van der Waals surface area contributed by atoms with E-state index in [0.29, 0.717) is 25.7 Å². The number of aromatic nitrogens is 1. The summed E-state index contributed by atoms with van der Waals surface area (Å²) < 4.78 is 7.64. The third-order valence-electron chi connectivity index (χ3n) is 3.21. The van der Waals surface area contributed by atoms with Crippen molar-refractivity contribution in [2.75, 3.05) is 26.3 Å². The number of nitrogens with zero attached hydrogens (tertiary/aromatic N) is 2. The highest BCUT2D eigenvalue weighted by molar-refractivity contribution is 5.06. The molecule has 0 amide bonds. The second-order valence-corrected chi connectivity index (χ2v) is 5.93. The number of aryl methyl sites for hydroxylation is 1. The van der Waals surface area contributed by atoms with Crippen molar-refractivity contribution in [2.24, 2.45) is 13.0 Å². The molecule has 20 heavy (non-hydrogen) atoms. The van der Waals surface area contributed by atoms with Gasteiger partial charge in [0, 0.05) is 38.6 Å². The van der Waals surface area contributed by atoms with Crippen LogP contribution in [0.5, 0.6) is 0 Å². The van der Waals surface area contributed by atoms with Gasteiger partial charge in [0.25, 0.3) is 0 Å². The first-order chi connectivity index (χ1) is 9.52. The Kier molecular flexibility index (Phi) is 7.88. The summed E-state index contributed by atoms with van der Waals surface area (Å²) in [6, 6.07) is 4.19. The standard InChI is InChI=1S/C16H30N2O2/c1-5-8-18(10-15-7-6-9-17(15)4)11-16(19)13-20-12-14(2)3/h6-7,9,14,16,19H,5,8,10-13H2,1-4H3. The zero-order chi connectivity index (χ0) is 15.0. The van der Waals surface area contributed by atoms with Crippen molar-refractivity contribution in [3.8, 4) is 0 Å². The van der Waals surface area contributed by atoms with E-state index in [1.807, 2.05) is 0 Å². The molecular formula is C16H30N2O2. The molecule has 1 N–H and O–H groups in total. The summed E-state index contributed by atoms with van der Waals surface area (Å²) in [5, 5.41) is 10.1. The molecule has 1 aromatic rings. The minimum atomic E-state index is -0.416. The normalized spacial score (nSPS) is 13.3. The lowest BCUT2D eigenvalue weighted by molar-refractivity contribution is 0.00664. The summed E-state index contributed by atoms with van der Waals surface area (Å²) >= 11 is 0. The van der Waals surface area contributed by atoms with Crippen LogP contribution in [0.25, 0.3) is 0 Å². The van der Waals surface area contributed by atoms with Gasteiger partial charge < -0.3 is 14.4 Å². The molecule has 0 aliphatic rings. The van der Waals surface area contributed by atoms with Crippen LogP contribution in [0, 0.1) is 5.92 Å². The number of ether oxygens (including phenoxy) is 1. The zero-order valence-electron chi connectivity index (χ0n) is 13.4. The SMILES string of the molecule is CCCN(Cc1cccn1C)CC(O)COCC(C)C. The minimum absolute atomic E-state index is 0.416. The van der Waals surface area contributed by atoms with E-state index < -0.39 is 6.10 Å². The lowest BCUT2D eigenvalue weighted by Crippen LogP contribution is -2.35. The van der Waals surface area contributed by atoms with Gasteiger partial charge in [0.1, 0.15) is 0 Å². The van der Waals surface area contributed by atoms with E-state index in [1.165, 1.54) is 5.69 Å². The first kappa shape index (κ1) is 17.2. The Morgan fingerprint density at radius 3 is 2.65 bits per heavy atom. The molecule has 0 saturated heterocycles. The lowest BCUT2D eigenvalue weighted by Gasteiger charge is -2.25. The lowest BCUT2D eigenvalue weighted by atomic mass is 10.2. The van der Waals surface area contributed by atoms with Gasteiger partial charge in [-0.1, -0.05) is 20.8 Å². The van der Waals surface area contributed by atoms with E-state index in [9.17, 15) is 5.11 Å². The second-order valence-electron chi connectivity index (χ2n) is 5.93. The van der Waals surface area contributed by atoms with E-state index >= 15 is 0 Å². The van der Waals surface area contributed by atoms with Crippen molar-refractivity contribution in [1.29, 1.82) is 0 Å². The maximum absolute atomic E-state index is 10.1. The van der Waals surface area contributed by atoms with Crippen LogP contribution in [-0.4, -0.2) is 47.0 Å². The Bertz CT molecular complexity index is 363. The monoisotopic (exact) mass is 282 g/mol. The average Bonchev–Trinajstić information content (AvgIpc) is 2.74. The molecule has 1 aromatic heterocycles. The highest BCUT2D eigenvalue weighted by atomic mass is 16.5. The molecule has 1 unspecified atom stereocenters. The van der Waals surface area contributed by atoms with Gasteiger partial charge in [-0.2, -0.15) is 0 Å².